The van der Waals surface area contributed by atoms with Crippen LogP contribution in [0.2, 0.25) is 0 Å². The maximum Gasteiger partial charge on any atom is 0.123 e. The van der Waals surface area contributed by atoms with Gasteiger partial charge in [-0.1, -0.05) is 19.1 Å². The lowest BCUT2D eigenvalue weighted by atomic mass is 10.1. The average molecular weight is 263 g/mol. The van der Waals surface area contributed by atoms with Crippen LogP contribution in [0.1, 0.15) is 25.0 Å². The smallest absolute Gasteiger partial charge is 0.123 e. The van der Waals surface area contributed by atoms with E-state index in [9.17, 15) is 5.11 Å². The van der Waals surface area contributed by atoms with Gasteiger partial charge in [-0.3, -0.25) is 0 Å². The number of hydrogen-bond acceptors (Lipinski definition) is 4. The van der Waals surface area contributed by atoms with Crippen LogP contribution >= 0.6 is 11.3 Å². The molecule has 0 aliphatic heterocycles. The maximum absolute atomic E-state index is 9.29. The second kappa shape index (κ2) is 5.98. The predicted octanol–water partition coefficient (Wildman–Crippen LogP) is 3.30. The van der Waals surface area contributed by atoms with Crippen LogP contribution in [0.25, 0.3) is 10.6 Å². The van der Waals surface area contributed by atoms with Gasteiger partial charge in [-0.15, -0.1) is 11.3 Å². The first-order valence-corrected chi connectivity index (χ1v) is 6.87. The van der Waals surface area contributed by atoms with Gasteiger partial charge >= 0.3 is 0 Å². The van der Waals surface area contributed by atoms with E-state index < -0.39 is 0 Å². The molecular formula is C14H17NO2S. The zero-order valence-electron chi connectivity index (χ0n) is 10.6. The molecule has 1 aromatic carbocycles. The van der Waals surface area contributed by atoms with Gasteiger partial charge in [-0.25, -0.2) is 4.98 Å². The van der Waals surface area contributed by atoms with Gasteiger partial charge < -0.3 is 9.84 Å². The minimum atomic E-state index is 0.139. The first kappa shape index (κ1) is 13.1. The highest BCUT2D eigenvalue weighted by molar-refractivity contribution is 7.13. The van der Waals surface area contributed by atoms with E-state index in [1.165, 1.54) is 0 Å². The molecule has 0 saturated heterocycles. The zero-order chi connectivity index (χ0) is 13.0. The average Bonchev–Trinajstić information content (AvgIpc) is 2.90. The summed E-state index contributed by atoms with van der Waals surface area (Å²) in [4.78, 5) is 4.60. The molecule has 18 heavy (non-hydrogen) atoms. The predicted molar refractivity (Wildman–Crippen MR) is 74.2 cm³/mol. The molecule has 0 saturated carbocycles. The number of methoxy groups -OCH3 is 1. The van der Waals surface area contributed by atoms with E-state index in [0.717, 1.165) is 28.4 Å². The summed E-state index contributed by atoms with van der Waals surface area (Å²) in [6.07, 6.45) is 0.901. The quantitative estimate of drug-likeness (QED) is 0.900. The van der Waals surface area contributed by atoms with E-state index >= 15 is 0 Å². The summed E-state index contributed by atoms with van der Waals surface area (Å²) in [6, 6.07) is 7.87. The summed E-state index contributed by atoms with van der Waals surface area (Å²) in [5.41, 5.74) is 2.03. The van der Waals surface area contributed by atoms with Crippen LogP contribution in [-0.4, -0.2) is 23.8 Å². The van der Waals surface area contributed by atoms with Gasteiger partial charge in [0.1, 0.15) is 10.8 Å². The Morgan fingerprint density at radius 1 is 1.44 bits per heavy atom. The Kier molecular flexibility index (Phi) is 4.33. The second-order valence-corrected chi connectivity index (χ2v) is 4.96. The molecule has 96 valence electrons. The fourth-order valence-electron chi connectivity index (χ4n) is 1.79. The third-order valence-corrected chi connectivity index (χ3v) is 3.88. The van der Waals surface area contributed by atoms with Crippen molar-refractivity contribution in [3.63, 3.8) is 0 Å². The van der Waals surface area contributed by atoms with Crippen LogP contribution in [0.4, 0.5) is 0 Å². The summed E-state index contributed by atoms with van der Waals surface area (Å²) in [7, 11) is 1.66. The molecule has 0 aliphatic rings. The molecule has 1 N–H and O–H groups in total. The van der Waals surface area contributed by atoms with Gasteiger partial charge in [0.2, 0.25) is 0 Å². The highest BCUT2D eigenvalue weighted by Crippen LogP contribution is 2.29. The second-order valence-electron chi connectivity index (χ2n) is 4.10. The van der Waals surface area contributed by atoms with Crippen molar-refractivity contribution >= 4 is 11.3 Å². The van der Waals surface area contributed by atoms with Crippen molar-refractivity contribution < 1.29 is 9.84 Å². The van der Waals surface area contributed by atoms with E-state index in [-0.39, 0.29) is 12.5 Å². The number of aromatic nitrogens is 1. The Labute approximate surface area is 111 Å². The molecule has 1 atom stereocenters. The van der Waals surface area contributed by atoms with Crippen LogP contribution in [0, 0.1) is 0 Å². The van der Waals surface area contributed by atoms with Crippen molar-refractivity contribution in [3.8, 4) is 16.3 Å². The first-order chi connectivity index (χ1) is 8.78. The first-order valence-electron chi connectivity index (χ1n) is 5.99. The van der Waals surface area contributed by atoms with Gasteiger partial charge in [-0.2, -0.15) is 0 Å². The molecule has 2 rings (SSSR count). The largest absolute Gasteiger partial charge is 0.497 e. The lowest BCUT2D eigenvalue weighted by molar-refractivity contribution is 0.260. The summed E-state index contributed by atoms with van der Waals surface area (Å²) in [5, 5.41) is 12.3. The molecule has 0 radical (unpaired) electrons. The van der Waals surface area contributed by atoms with Gasteiger partial charge in [0.25, 0.3) is 0 Å². The van der Waals surface area contributed by atoms with Crippen LogP contribution in [0.15, 0.2) is 29.6 Å². The Balaban J connectivity index is 2.28. The maximum atomic E-state index is 9.29. The molecule has 1 unspecified atom stereocenters. The molecular weight excluding hydrogens is 246 g/mol. The van der Waals surface area contributed by atoms with Gasteiger partial charge in [-0.05, 0) is 18.6 Å². The van der Waals surface area contributed by atoms with Crippen molar-refractivity contribution in [1.29, 1.82) is 0 Å². The van der Waals surface area contributed by atoms with Crippen LogP contribution in [-0.2, 0) is 0 Å². The Bertz CT molecular complexity index is 506. The number of hydrogen-bond donors (Lipinski definition) is 1. The molecule has 0 bridgehead atoms. The lowest BCUT2D eigenvalue weighted by Gasteiger charge is -2.07. The molecule has 1 aromatic heterocycles. The molecule has 0 aliphatic carbocycles. The zero-order valence-corrected chi connectivity index (χ0v) is 11.4. The number of benzene rings is 1. The van der Waals surface area contributed by atoms with Crippen molar-refractivity contribution in [2.45, 2.75) is 19.3 Å². The number of aliphatic hydroxyl groups is 1. The third-order valence-electron chi connectivity index (χ3n) is 2.97. The van der Waals surface area contributed by atoms with E-state index in [0.29, 0.717) is 0 Å². The van der Waals surface area contributed by atoms with Crippen molar-refractivity contribution in [1.82, 2.24) is 4.98 Å². The highest BCUT2D eigenvalue weighted by atomic mass is 32.1. The third kappa shape index (κ3) is 2.71. The monoisotopic (exact) mass is 263 g/mol. The lowest BCUT2D eigenvalue weighted by Crippen LogP contribution is -2.02. The van der Waals surface area contributed by atoms with Crippen LogP contribution < -0.4 is 4.74 Å². The van der Waals surface area contributed by atoms with E-state index in [2.05, 4.69) is 11.9 Å². The van der Waals surface area contributed by atoms with E-state index in [1.54, 1.807) is 18.4 Å². The molecule has 3 nitrogen and oxygen atoms in total. The Morgan fingerprint density at radius 3 is 2.94 bits per heavy atom. The summed E-state index contributed by atoms with van der Waals surface area (Å²) < 4.78 is 5.21. The normalized spacial score (nSPS) is 12.4. The van der Waals surface area contributed by atoms with E-state index in [4.69, 9.17) is 4.74 Å². The Hall–Kier alpha value is -1.39. The van der Waals surface area contributed by atoms with Gasteiger partial charge in [0.15, 0.2) is 0 Å². The van der Waals surface area contributed by atoms with Crippen LogP contribution in [0.5, 0.6) is 5.75 Å². The molecule has 1 heterocycles. The standard InChI is InChI=1S/C14H17NO2S/c1-3-10(8-16)13-9-18-14(15-13)11-5-4-6-12(7-11)17-2/h4-7,9-10,16H,3,8H2,1-2H3. The Morgan fingerprint density at radius 2 is 2.28 bits per heavy atom. The van der Waals surface area contributed by atoms with Crippen LogP contribution in [0.3, 0.4) is 0 Å². The number of thiazole rings is 1. The SMILES string of the molecule is CCC(CO)c1csc(-c2cccc(OC)c2)n1. The number of aliphatic hydroxyl groups excluding tert-OH is 1. The van der Waals surface area contributed by atoms with Gasteiger partial charge in [0.05, 0.1) is 19.4 Å². The minimum Gasteiger partial charge on any atom is -0.497 e. The van der Waals surface area contributed by atoms with Crippen molar-refractivity contribution in [2.24, 2.45) is 0 Å². The number of ether oxygens (including phenoxy) is 1. The molecule has 0 spiro atoms. The summed E-state index contributed by atoms with van der Waals surface area (Å²) in [5.74, 6) is 0.971. The van der Waals surface area contributed by atoms with E-state index in [1.807, 2.05) is 29.6 Å². The fourth-order valence-corrected chi connectivity index (χ4v) is 2.69. The molecule has 4 heteroatoms. The summed E-state index contributed by atoms with van der Waals surface area (Å²) in [6.45, 7) is 2.21. The molecule has 2 aromatic rings. The highest BCUT2D eigenvalue weighted by Gasteiger charge is 2.13. The van der Waals surface area contributed by atoms with Gasteiger partial charge in [0, 0.05) is 16.9 Å². The van der Waals surface area contributed by atoms with Crippen molar-refractivity contribution in [2.75, 3.05) is 13.7 Å². The molecule has 0 amide bonds. The van der Waals surface area contributed by atoms with Crippen molar-refractivity contribution in [3.05, 3.63) is 35.3 Å². The minimum absolute atomic E-state index is 0.139. The summed E-state index contributed by atoms with van der Waals surface area (Å²) >= 11 is 1.60. The number of nitrogens with zero attached hydrogens (tertiary/aromatic N) is 1. The molecule has 0 fully saturated rings. The number of rotatable bonds is 5. The topological polar surface area (TPSA) is 42.4 Å². The fraction of sp³-hybridized carbons (Fsp3) is 0.357.